The van der Waals surface area contributed by atoms with Gasteiger partial charge in [0, 0.05) is 19.4 Å². The van der Waals surface area contributed by atoms with Crippen LogP contribution in [0, 0.1) is 0 Å². The van der Waals surface area contributed by atoms with Gasteiger partial charge in [-0.05, 0) is 77.0 Å². The molecule has 0 amide bonds. The Kier molecular flexibility index (Phi) is 39.6. The summed E-state index contributed by atoms with van der Waals surface area (Å²) in [6, 6.07) is 0. The molecule has 2 atom stereocenters. The van der Waals surface area contributed by atoms with E-state index in [-0.39, 0.29) is 32.6 Å². The third-order valence-corrected chi connectivity index (χ3v) is 9.86. The first kappa shape index (κ1) is 52.7. The topological polar surface area (TPSA) is 134 Å². The summed E-state index contributed by atoms with van der Waals surface area (Å²) < 4.78 is 32.7. The number of phosphoric ester groups is 1. The third kappa shape index (κ3) is 41.2. The molecule has 0 fully saturated rings. The first-order chi connectivity index (χ1) is 26.8. The number of rotatable bonds is 40. The molecule has 0 saturated heterocycles. The number of phosphoric acid groups is 1. The molecule has 10 heteroatoms. The summed E-state index contributed by atoms with van der Waals surface area (Å²) in [5.74, 6) is -0.910. The van der Waals surface area contributed by atoms with Gasteiger partial charge in [0.15, 0.2) is 6.10 Å². The Balaban J connectivity index is 4.27. The van der Waals surface area contributed by atoms with Crippen LogP contribution in [0.5, 0.6) is 0 Å². The van der Waals surface area contributed by atoms with Crippen LogP contribution in [0.3, 0.4) is 0 Å². The summed E-state index contributed by atoms with van der Waals surface area (Å²) in [5, 5.41) is 0. The van der Waals surface area contributed by atoms with Gasteiger partial charge in [0.2, 0.25) is 0 Å². The third-order valence-electron chi connectivity index (χ3n) is 8.88. The summed E-state index contributed by atoms with van der Waals surface area (Å²) in [6.45, 7) is 3.62. The second kappa shape index (κ2) is 41.3. The van der Waals surface area contributed by atoms with E-state index in [0.29, 0.717) is 12.8 Å². The molecule has 0 bridgehead atoms. The maximum atomic E-state index is 12.6. The monoisotopic (exact) mass is 794 g/mol. The second-order valence-electron chi connectivity index (χ2n) is 14.2. The zero-order valence-corrected chi connectivity index (χ0v) is 35.8. The van der Waals surface area contributed by atoms with Crippen molar-refractivity contribution in [1.82, 2.24) is 0 Å². The number of ether oxygens (including phenoxy) is 2. The van der Waals surface area contributed by atoms with Crippen LogP contribution in [-0.2, 0) is 32.7 Å². The van der Waals surface area contributed by atoms with Crippen molar-refractivity contribution in [2.75, 3.05) is 26.4 Å². The van der Waals surface area contributed by atoms with Gasteiger partial charge in [0.1, 0.15) is 6.61 Å². The van der Waals surface area contributed by atoms with Gasteiger partial charge in [0.25, 0.3) is 0 Å². The van der Waals surface area contributed by atoms with Crippen molar-refractivity contribution in [3.8, 4) is 0 Å². The smallest absolute Gasteiger partial charge is 0.462 e. The van der Waals surface area contributed by atoms with Crippen molar-refractivity contribution < 1.29 is 37.6 Å². The Morgan fingerprint density at radius 3 is 1.49 bits per heavy atom. The minimum Gasteiger partial charge on any atom is -0.462 e. The summed E-state index contributed by atoms with van der Waals surface area (Å²) in [4.78, 5) is 34.8. The SMILES string of the molecule is CCCCC/C=C/C/C=C/C/C=C/CCCCCCC(=O)OC[C@H](COP(=O)(O)OCCN)OC(=O)CCC/C=C/C/C=C/CCCCCCCCCCC. The molecule has 0 aliphatic carbocycles. The standard InChI is InChI=1S/C45H80NO8P/c1-3-5-7-9-11-13-15-17-19-21-23-25-27-29-31-33-35-37-44(47)51-41-43(42-53-55(49,50)52-40-39-46)54-45(48)38-36-34-32-30-28-26-24-22-20-18-16-14-12-10-8-6-4-2/h11,13,17,19,23-26,30,32,43H,3-10,12,14-16,18,20-22,27-29,31,33-42,46H2,1-2H3,(H,49,50)/b13-11+,19-17+,25-23+,26-24+,32-30+/t43-/m1/s1. The fraction of sp³-hybridized carbons (Fsp3) is 0.733. The summed E-state index contributed by atoms with van der Waals surface area (Å²) in [5.41, 5.74) is 5.34. The Morgan fingerprint density at radius 2 is 0.964 bits per heavy atom. The van der Waals surface area contributed by atoms with Crippen LogP contribution in [-0.4, -0.2) is 49.3 Å². The van der Waals surface area contributed by atoms with Crippen LogP contribution in [0.15, 0.2) is 60.8 Å². The molecule has 0 radical (unpaired) electrons. The van der Waals surface area contributed by atoms with Gasteiger partial charge in [-0.2, -0.15) is 0 Å². The fourth-order valence-electron chi connectivity index (χ4n) is 5.62. The van der Waals surface area contributed by atoms with E-state index in [4.69, 9.17) is 24.3 Å². The molecule has 0 aromatic carbocycles. The molecule has 0 aliphatic rings. The zero-order valence-electron chi connectivity index (χ0n) is 34.9. The maximum Gasteiger partial charge on any atom is 0.472 e. The highest BCUT2D eigenvalue weighted by atomic mass is 31.2. The molecule has 9 nitrogen and oxygen atoms in total. The van der Waals surface area contributed by atoms with Gasteiger partial charge < -0.3 is 20.1 Å². The molecule has 318 valence electrons. The molecule has 0 saturated carbocycles. The predicted molar refractivity (Wildman–Crippen MR) is 229 cm³/mol. The molecule has 0 aliphatic heterocycles. The number of hydrogen-bond donors (Lipinski definition) is 2. The normalized spacial score (nSPS) is 13.9. The van der Waals surface area contributed by atoms with Crippen molar-refractivity contribution >= 4 is 19.8 Å². The van der Waals surface area contributed by atoms with Crippen LogP contribution < -0.4 is 5.73 Å². The lowest BCUT2D eigenvalue weighted by Crippen LogP contribution is -2.29. The Hall–Kier alpha value is -2.29. The predicted octanol–water partition coefficient (Wildman–Crippen LogP) is 12.5. The molecule has 1 unspecified atom stereocenters. The van der Waals surface area contributed by atoms with E-state index in [1.165, 1.54) is 83.5 Å². The van der Waals surface area contributed by atoms with E-state index in [2.05, 4.69) is 74.6 Å². The van der Waals surface area contributed by atoms with E-state index in [9.17, 15) is 19.0 Å². The van der Waals surface area contributed by atoms with Crippen LogP contribution in [0.25, 0.3) is 0 Å². The number of carbonyl (C=O) groups is 2. The van der Waals surface area contributed by atoms with E-state index < -0.39 is 32.5 Å². The summed E-state index contributed by atoms with van der Waals surface area (Å²) in [6.07, 6.45) is 48.3. The molecule has 3 N–H and O–H groups in total. The molecular weight excluding hydrogens is 713 g/mol. The van der Waals surface area contributed by atoms with Gasteiger partial charge in [-0.1, -0.05) is 152 Å². The quantitative estimate of drug-likeness (QED) is 0.0269. The lowest BCUT2D eigenvalue weighted by molar-refractivity contribution is -0.161. The van der Waals surface area contributed by atoms with Gasteiger partial charge >= 0.3 is 19.8 Å². The first-order valence-corrected chi connectivity index (χ1v) is 23.3. The molecule has 0 rings (SSSR count). The van der Waals surface area contributed by atoms with Gasteiger partial charge in [0.05, 0.1) is 13.2 Å². The second-order valence-corrected chi connectivity index (χ2v) is 15.7. The van der Waals surface area contributed by atoms with Crippen molar-refractivity contribution in [3.05, 3.63) is 60.8 Å². The average Bonchev–Trinajstić information content (AvgIpc) is 3.17. The van der Waals surface area contributed by atoms with Crippen molar-refractivity contribution in [2.45, 2.75) is 187 Å². The lowest BCUT2D eigenvalue weighted by atomic mass is 10.1. The molecule has 0 spiro atoms. The largest absolute Gasteiger partial charge is 0.472 e. The minimum absolute atomic E-state index is 0.0416. The Bertz CT molecular complexity index is 1090. The van der Waals surface area contributed by atoms with Crippen LogP contribution in [0.1, 0.15) is 181 Å². The fourth-order valence-corrected chi connectivity index (χ4v) is 6.39. The zero-order chi connectivity index (χ0) is 40.3. The molecule has 0 aromatic heterocycles. The van der Waals surface area contributed by atoms with E-state index in [1.807, 2.05) is 0 Å². The Labute approximate surface area is 336 Å². The minimum atomic E-state index is -4.39. The summed E-state index contributed by atoms with van der Waals surface area (Å²) >= 11 is 0. The highest BCUT2D eigenvalue weighted by Gasteiger charge is 2.25. The highest BCUT2D eigenvalue weighted by Crippen LogP contribution is 2.43. The van der Waals surface area contributed by atoms with E-state index in [0.717, 1.165) is 57.8 Å². The number of allylic oxidation sites excluding steroid dienone is 10. The molecule has 55 heavy (non-hydrogen) atoms. The number of nitrogens with two attached hydrogens (primary N) is 1. The van der Waals surface area contributed by atoms with E-state index in [1.54, 1.807) is 0 Å². The van der Waals surface area contributed by atoms with Crippen LogP contribution in [0.2, 0.25) is 0 Å². The molecule has 0 heterocycles. The molecule has 0 aromatic rings. The van der Waals surface area contributed by atoms with Gasteiger partial charge in [-0.3, -0.25) is 18.6 Å². The average molecular weight is 794 g/mol. The highest BCUT2D eigenvalue weighted by molar-refractivity contribution is 7.47. The summed E-state index contributed by atoms with van der Waals surface area (Å²) in [7, 11) is -4.39. The number of unbranched alkanes of at least 4 members (excludes halogenated alkanes) is 17. The van der Waals surface area contributed by atoms with Crippen molar-refractivity contribution in [1.29, 1.82) is 0 Å². The number of carbonyl (C=O) groups excluding carboxylic acids is 2. The number of hydrogen-bond acceptors (Lipinski definition) is 8. The van der Waals surface area contributed by atoms with Crippen LogP contribution in [0.4, 0.5) is 0 Å². The van der Waals surface area contributed by atoms with E-state index >= 15 is 0 Å². The maximum absolute atomic E-state index is 12.6. The van der Waals surface area contributed by atoms with Crippen molar-refractivity contribution in [3.63, 3.8) is 0 Å². The van der Waals surface area contributed by atoms with Gasteiger partial charge in [-0.15, -0.1) is 0 Å². The molecular formula is C45H80NO8P. The first-order valence-electron chi connectivity index (χ1n) is 21.8. The number of esters is 2. The van der Waals surface area contributed by atoms with Crippen LogP contribution >= 0.6 is 7.82 Å². The van der Waals surface area contributed by atoms with Crippen molar-refractivity contribution in [2.24, 2.45) is 5.73 Å². The van der Waals surface area contributed by atoms with Gasteiger partial charge in [-0.25, -0.2) is 4.57 Å². The Morgan fingerprint density at radius 1 is 0.545 bits per heavy atom. The lowest BCUT2D eigenvalue weighted by Gasteiger charge is -2.19.